The predicted molar refractivity (Wildman–Crippen MR) is 126 cm³/mol. The molecule has 0 aromatic carbocycles. The van der Waals surface area contributed by atoms with Gasteiger partial charge in [-0.05, 0) is 112 Å². The molecule has 0 aromatic heterocycles. The van der Waals surface area contributed by atoms with Crippen molar-refractivity contribution in [3.05, 3.63) is 23.3 Å². The fourth-order valence-electron chi connectivity index (χ4n) is 9.49. The first-order chi connectivity index (χ1) is 14.6. The summed E-state index contributed by atoms with van der Waals surface area (Å²) < 4.78 is 0. The first-order valence-corrected chi connectivity index (χ1v) is 13.2. The van der Waals surface area contributed by atoms with E-state index in [2.05, 4.69) is 46.8 Å². The molecule has 0 amide bonds. The number of ketones is 1. The molecular weight excluding hydrogens is 380 g/mol. The van der Waals surface area contributed by atoms with Crippen LogP contribution in [0.3, 0.4) is 0 Å². The minimum Gasteiger partial charge on any atom is -0.393 e. The van der Waals surface area contributed by atoms with Crippen LogP contribution in [0.1, 0.15) is 98.8 Å². The summed E-state index contributed by atoms with van der Waals surface area (Å²) in [4.78, 5) is 12.8. The van der Waals surface area contributed by atoms with E-state index in [-0.39, 0.29) is 22.3 Å². The Kier molecular flexibility index (Phi) is 5.17. The first-order valence-electron chi connectivity index (χ1n) is 13.2. The van der Waals surface area contributed by atoms with E-state index in [0.29, 0.717) is 35.4 Å². The lowest BCUT2D eigenvalue weighted by Crippen LogP contribution is -2.52. The number of fused-ring (bicyclic) bond motifs is 6. The lowest BCUT2D eigenvalue weighted by atomic mass is 9.45. The van der Waals surface area contributed by atoms with Gasteiger partial charge in [-0.25, -0.2) is 0 Å². The van der Waals surface area contributed by atoms with Crippen molar-refractivity contribution in [3.8, 4) is 0 Å². The van der Waals surface area contributed by atoms with Crippen molar-refractivity contribution in [3.63, 3.8) is 0 Å². The molecule has 1 spiro atoms. The van der Waals surface area contributed by atoms with E-state index in [1.165, 1.54) is 24.8 Å². The zero-order valence-electron chi connectivity index (χ0n) is 20.5. The third kappa shape index (κ3) is 3.10. The monoisotopic (exact) mass is 424 g/mol. The van der Waals surface area contributed by atoms with Crippen LogP contribution in [0.2, 0.25) is 0 Å². The van der Waals surface area contributed by atoms with Gasteiger partial charge in [0, 0.05) is 6.42 Å². The number of hydrogen-bond donors (Lipinski definition) is 1. The van der Waals surface area contributed by atoms with Crippen LogP contribution in [0.15, 0.2) is 23.3 Å². The number of hydrogen-bond acceptors (Lipinski definition) is 2. The summed E-state index contributed by atoms with van der Waals surface area (Å²) in [5.74, 6) is 3.59. The Balaban J connectivity index is 1.41. The molecule has 0 unspecified atom stereocenters. The SMILES string of the molecule is CC(C)=CCC[C@@H](C)[C@H]1[C@H](O)C[C@H]2[C@@H]3CC=C4C5(CC5)C(=O)CC[C@]4(C)[C@H]3CC[C@]12C. The normalized spacial score (nSPS) is 45.9. The van der Waals surface area contributed by atoms with Gasteiger partial charge in [-0.1, -0.05) is 44.1 Å². The van der Waals surface area contributed by atoms with E-state index in [9.17, 15) is 9.90 Å². The van der Waals surface area contributed by atoms with Crippen LogP contribution < -0.4 is 0 Å². The average molecular weight is 425 g/mol. The first kappa shape index (κ1) is 21.9. The van der Waals surface area contributed by atoms with Crippen LogP contribution in [-0.4, -0.2) is 17.0 Å². The van der Waals surface area contributed by atoms with Gasteiger partial charge in [0.1, 0.15) is 5.78 Å². The topological polar surface area (TPSA) is 37.3 Å². The Morgan fingerprint density at radius 3 is 2.61 bits per heavy atom. The molecule has 4 fully saturated rings. The Bertz CT molecular complexity index is 813. The smallest absolute Gasteiger partial charge is 0.143 e. The summed E-state index contributed by atoms with van der Waals surface area (Å²) in [6.07, 6.45) is 15.9. The summed E-state index contributed by atoms with van der Waals surface area (Å²) in [7, 11) is 0. The summed E-state index contributed by atoms with van der Waals surface area (Å²) in [5.41, 5.74) is 3.41. The minimum absolute atomic E-state index is 0.0457. The van der Waals surface area contributed by atoms with Gasteiger partial charge in [-0.2, -0.15) is 0 Å². The van der Waals surface area contributed by atoms with Crippen LogP contribution in [0.25, 0.3) is 0 Å². The average Bonchev–Trinajstić information content (AvgIpc) is 3.43. The molecule has 8 atom stereocenters. The maximum absolute atomic E-state index is 12.8. The summed E-state index contributed by atoms with van der Waals surface area (Å²) in [5, 5.41) is 11.3. The number of rotatable bonds is 4. The number of carbonyl (C=O) groups excluding carboxylic acids is 1. The van der Waals surface area contributed by atoms with Gasteiger partial charge < -0.3 is 5.11 Å². The van der Waals surface area contributed by atoms with E-state index in [1.54, 1.807) is 5.57 Å². The van der Waals surface area contributed by atoms with Gasteiger partial charge in [0.05, 0.1) is 11.5 Å². The van der Waals surface area contributed by atoms with Gasteiger partial charge in [0.15, 0.2) is 0 Å². The summed E-state index contributed by atoms with van der Waals surface area (Å²) >= 11 is 0. The standard InChI is InChI=1S/C29H44O2/c1-18(2)7-6-8-19(3)26-23(30)17-22-20-9-10-24-27(4,21(20)11-13-28(22,26)5)14-12-25(31)29(24)15-16-29/h7,10,19-23,26,30H,6,8-9,11-17H2,1-5H3/t19-,20-,21+,22+,23-,26+,27-,28+/m1/s1. The number of Topliss-reactive ketones (excluding diaryl/α,β-unsaturated/α-hetero) is 1. The van der Waals surface area contributed by atoms with Crippen molar-refractivity contribution in [1.29, 1.82) is 0 Å². The molecule has 172 valence electrons. The predicted octanol–water partition coefficient (Wildman–Crippen LogP) is 6.88. The van der Waals surface area contributed by atoms with Crippen molar-refractivity contribution in [1.82, 2.24) is 0 Å². The molecule has 0 aromatic rings. The fourth-order valence-corrected chi connectivity index (χ4v) is 9.49. The lowest BCUT2D eigenvalue weighted by Gasteiger charge is -2.59. The molecule has 2 nitrogen and oxygen atoms in total. The Morgan fingerprint density at radius 1 is 1.19 bits per heavy atom. The molecule has 0 radical (unpaired) electrons. The highest BCUT2D eigenvalue weighted by atomic mass is 16.3. The highest BCUT2D eigenvalue weighted by Gasteiger charge is 2.66. The van der Waals surface area contributed by atoms with E-state index in [4.69, 9.17) is 0 Å². The third-order valence-corrected chi connectivity index (χ3v) is 11.0. The Hall–Kier alpha value is -0.890. The van der Waals surface area contributed by atoms with E-state index in [0.717, 1.165) is 44.9 Å². The molecule has 2 heteroatoms. The highest BCUT2D eigenvalue weighted by Crippen LogP contribution is 2.72. The van der Waals surface area contributed by atoms with Gasteiger partial charge >= 0.3 is 0 Å². The molecule has 5 aliphatic carbocycles. The zero-order chi connectivity index (χ0) is 22.2. The van der Waals surface area contributed by atoms with Crippen molar-refractivity contribution in [2.24, 2.45) is 45.8 Å². The quantitative estimate of drug-likeness (QED) is 0.500. The van der Waals surface area contributed by atoms with Crippen molar-refractivity contribution in [2.75, 3.05) is 0 Å². The molecule has 4 saturated carbocycles. The summed E-state index contributed by atoms with van der Waals surface area (Å²) in [6, 6.07) is 0. The van der Waals surface area contributed by atoms with Crippen LogP contribution >= 0.6 is 0 Å². The molecule has 5 rings (SSSR count). The third-order valence-electron chi connectivity index (χ3n) is 11.0. The molecule has 0 heterocycles. The van der Waals surface area contributed by atoms with Crippen molar-refractivity contribution in [2.45, 2.75) is 105 Å². The molecule has 0 saturated heterocycles. The maximum atomic E-state index is 12.8. The molecule has 0 aliphatic heterocycles. The Morgan fingerprint density at radius 2 is 1.94 bits per heavy atom. The van der Waals surface area contributed by atoms with Crippen molar-refractivity contribution >= 4 is 5.78 Å². The van der Waals surface area contributed by atoms with Gasteiger partial charge in [-0.3, -0.25) is 4.79 Å². The second-order valence-electron chi connectivity index (χ2n) is 12.9. The molecule has 31 heavy (non-hydrogen) atoms. The van der Waals surface area contributed by atoms with Crippen LogP contribution in [0, 0.1) is 45.8 Å². The van der Waals surface area contributed by atoms with Gasteiger partial charge in [-0.15, -0.1) is 0 Å². The number of allylic oxidation sites excluding steroid dienone is 4. The van der Waals surface area contributed by atoms with E-state index in [1.807, 2.05) is 0 Å². The zero-order valence-corrected chi connectivity index (χ0v) is 20.5. The number of carbonyl (C=O) groups is 1. The van der Waals surface area contributed by atoms with Crippen LogP contribution in [0.4, 0.5) is 0 Å². The van der Waals surface area contributed by atoms with Crippen LogP contribution in [-0.2, 0) is 4.79 Å². The van der Waals surface area contributed by atoms with Crippen molar-refractivity contribution < 1.29 is 9.90 Å². The number of aliphatic hydroxyl groups excluding tert-OH is 1. The van der Waals surface area contributed by atoms with Crippen LogP contribution in [0.5, 0.6) is 0 Å². The molecule has 0 bridgehead atoms. The largest absolute Gasteiger partial charge is 0.393 e. The number of aliphatic hydroxyl groups is 1. The maximum Gasteiger partial charge on any atom is 0.143 e. The van der Waals surface area contributed by atoms with Gasteiger partial charge in [0.25, 0.3) is 0 Å². The minimum atomic E-state index is -0.142. The van der Waals surface area contributed by atoms with Gasteiger partial charge in [0.2, 0.25) is 0 Å². The fraction of sp³-hybridized carbons (Fsp3) is 0.828. The van der Waals surface area contributed by atoms with E-state index < -0.39 is 0 Å². The summed E-state index contributed by atoms with van der Waals surface area (Å²) in [6.45, 7) is 11.8. The highest BCUT2D eigenvalue weighted by molar-refractivity contribution is 5.92. The molecule has 5 aliphatic rings. The molecule has 1 N–H and O–H groups in total. The molecular formula is C29H44O2. The lowest BCUT2D eigenvalue weighted by molar-refractivity contribution is -0.128. The second-order valence-corrected chi connectivity index (χ2v) is 12.9. The Labute approximate surface area is 190 Å². The second kappa shape index (κ2) is 7.31. The van der Waals surface area contributed by atoms with E-state index >= 15 is 0 Å².